The molecular weight excluding hydrogens is 280 g/mol. The van der Waals surface area contributed by atoms with Crippen LogP contribution in [0.5, 0.6) is 0 Å². The van der Waals surface area contributed by atoms with E-state index in [1.807, 2.05) is 25.1 Å². The second kappa shape index (κ2) is 6.34. The smallest absolute Gasteiger partial charge is 0.112 e. The van der Waals surface area contributed by atoms with E-state index in [9.17, 15) is 10.2 Å². The molecular formula is C18H22O4. The Balaban J connectivity index is 1.70. The molecule has 1 aliphatic rings. The quantitative estimate of drug-likeness (QED) is 0.913. The van der Waals surface area contributed by atoms with E-state index >= 15 is 0 Å². The molecule has 0 bridgehead atoms. The molecule has 1 fully saturated rings. The first-order chi connectivity index (χ1) is 10.6. The number of fused-ring (bicyclic) bond motifs is 1. The molecule has 0 saturated carbocycles. The summed E-state index contributed by atoms with van der Waals surface area (Å²) in [5.74, 6) is 0. The van der Waals surface area contributed by atoms with E-state index in [2.05, 4.69) is 24.3 Å². The second-order valence-corrected chi connectivity index (χ2v) is 5.98. The Bertz CT molecular complexity index is 642. The van der Waals surface area contributed by atoms with Gasteiger partial charge in [-0.3, -0.25) is 0 Å². The van der Waals surface area contributed by atoms with Crippen LogP contribution < -0.4 is 0 Å². The molecule has 118 valence electrons. The fraction of sp³-hybridized carbons (Fsp3) is 0.444. The van der Waals surface area contributed by atoms with Crippen molar-refractivity contribution in [3.8, 4) is 0 Å². The third-order valence-corrected chi connectivity index (χ3v) is 4.32. The lowest BCUT2D eigenvalue weighted by Gasteiger charge is -2.40. The number of ether oxygens (including phenoxy) is 2. The van der Waals surface area contributed by atoms with Crippen molar-refractivity contribution >= 4 is 10.8 Å². The number of benzene rings is 2. The van der Waals surface area contributed by atoms with Crippen LogP contribution in [-0.4, -0.2) is 40.7 Å². The molecule has 1 aliphatic heterocycles. The van der Waals surface area contributed by atoms with Gasteiger partial charge >= 0.3 is 0 Å². The zero-order chi connectivity index (χ0) is 15.7. The van der Waals surface area contributed by atoms with Gasteiger partial charge in [0.15, 0.2) is 0 Å². The maximum atomic E-state index is 10.2. The minimum Gasteiger partial charge on any atom is -0.388 e. The summed E-state index contributed by atoms with van der Waals surface area (Å²) in [6.45, 7) is 3.99. The highest BCUT2D eigenvalue weighted by Gasteiger charge is 2.41. The first kappa shape index (κ1) is 15.4. The Morgan fingerprint density at radius 3 is 2.45 bits per heavy atom. The monoisotopic (exact) mass is 302 g/mol. The standard InChI is InChI=1S/C18H22O4/c1-11-16(19)17(20)18(12(2)22-11)21-10-13-7-8-14-5-3-4-6-15(14)9-13/h3-9,11-12,16-20H,10H2,1-2H3/t11-,12?,16?,17+,18-/m0/s1. The first-order valence-electron chi connectivity index (χ1n) is 7.67. The summed E-state index contributed by atoms with van der Waals surface area (Å²) >= 11 is 0. The fourth-order valence-corrected chi connectivity index (χ4v) is 3.00. The number of rotatable bonds is 3. The normalized spacial score (nSPS) is 32.3. The van der Waals surface area contributed by atoms with Crippen LogP contribution in [0.15, 0.2) is 42.5 Å². The van der Waals surface area contributed by atoms with Crippen molar-refractivity contribution in [2.24, 2.45) is 0 Å². The van der Waals surface area contributed by atoms with E-state index in [4.69, 9.17) is 9.47 Å². The van der Waals surface area contributed by atoms with Crippen LogP contribution in [0.4, 0.5) is 0 Å². The Hall–Kier alpha value is -1.46. The van der Waals surface area contributed by atoms with Crippen molar-refractivity contribution in [1.82, 2.24) is 0 Å². The summed E-state index contributed by atoms with van der Waals surface area (Å²) in [6, 6.07) is 14.3. The molecule has 1 heterocycles. The van der Waals surface area contributed by atoms with E-state index in [1.165, 1.54) is 5.39 Å². The zero-order valence-corrected chi connectivity index (χ0v) is 12.8. The molecule has 2 aromatic rings. The molecule has 2 N–H and O–H groups in total. The van der Waals surface area contributed by atoms with Gasteiger partial charge in [0.2, 0.25) is 0 Å². The third kappa shape index (κ3) is 3.01. The minimum atomic E-state index is -0.931. The van der Waals surface area contributed by atoms with Gasteiger partial charge in [0, 0.05) is 0 Å². The number of aliphatic hydroxyl groups is 2. The predicted molar refractivity (Wildman–Crippen MR) is 84.5 cm³/mol. The minimum absolute atomic E-state index is 0.256. The molecule has 2 aromatic carbocycles. The van der Waals surface area contributed by atoms with E-state index in [0.717, 1.165) is 10.9 Å². The van der Waals surface area contributed by atoms with Gasteiger partial charge in [0.25, 0.3) is 0 Å². The molecule has 0 aliphatic carbocycles. The first-order valence-corrected chi connectivity index (χ1v) is 7.67. The Morgan fingerprint density at radius 2 is 1.68 bits per heavy atom. The van der Waals surface area contributed by atoms with Gasteiger partial charge in [-0.05, 0) is 36.2 Å². The van der Waals surface area contributed by atoms with Gasteiger partial charge in [-0.25, -0.2) is 0 Å². The number of hydrogen-bond acceptors (Lipinski definition) is 4. The molecule has 3 rings (SSSR count). The van der Waals surface area contributed by atoms with Gasteiger partial charge < -0.3 is 19.7 Å². The molecule has 0 aromatic heterocycles. The summed E-state index contributed by atoms with van der Waals surface area (Å²) in [6.07, 6.45) is -3.02. The van der Waals surface area contributed by atoms with Crippen LogP contribution >= 0.6 is 0 Å². The Kier molecular flexibility index (Phi) is 4.45. The van der Waals surface area contributed by atoms with Gasteiger partial charge in [-0.15, -0.1) is 0 Å². The number of hydrogen-bond donors (Lipinski definition) is 2. The average Bonchev–Trinajstić information content (AvgIpc) is 2.52. The van der Waals surface area contributed by atoms with Gasteiger partial charge in [0.05, 0.1) is 18.8 Å². The van der Waals surface area contributed by atoms with Crippen LogP contribution in [0.2, 0.25) is 0 Å². The summed E-state index contributed by atoms with van der Waals surface area (Å²) in [4.78, 5) is 0. The molecule has 5 atom stereocenters. The maximum absolute atomic E-state index is 10.2. The lowest BCUT2D eigenvalue weighted by molar-refractivity contribution is -0.228. The lowest BCUT2D eigenvalue weighted by atomic mass is 9.96. The lowest BCUT2D eigenvalue weighted by Crippen LogP contribution is -2.56. The molecule has 0 amide bonds. The molecule has 4 nitrogen and oxygen atoms in total. The third-order valence-electron chi connectivity index (χ3n) is 4.32. The summed E-state index contributed by atoms with van der Waals surface area (Å²) in [5, 5.41) is 22.4. The van der Waals surface area contributed by atoms with Crippen molar-refractivity contribution in [2.75, 3.05) is 0 Å². The van der Waals surface area contributed by atoms with Gasteiger partial charge in [0.1, 0.15) is 18.3 Å². The van der Waals surface area contributed by atoms with Crippen LogP contribution in [0.3, 0.4) is 0 Å². The van der Waals surface area contributed by atoms with Gasteiger partial charge in [-0.1, -0.05) is 36.4 Å². The van der Waals surface area contributed by atoms with Crippen molar-refractivity contribution in [3.05, 3.63) is 48.0 Å². The topological polar surface area (TPSA) is 58.9 Å². The second-order valence-electron chi connectivity index (χ2n) is 5.98. The van der Waals surface area contributed by atoms with Crippen molar-refractivity contribution < 1.29 is 19.7 Å². The highest BCUT2D eigenvalue weighted by molar-refractivity contribution is 5.82. The van der Waals surface area contributed by atoms with Crippen molar-refractivity contribution in [1.29, 1.82) is 0 Å². The average molecular weight is 302 g/mol. The van der Waals surface area contributed by atoms with E-state index in [-0.39, 0.29) is 12.2 Å². The number of aliphatic hydroxyl groups excluding tert-OH is 2. The molecule has 22 heavy (non-hydrogen) atoms. The van der Waals surface area contributed by atoms with E-state index < -0.39 is 18.3 Å². The highest BCUT2D eigenvalue weighted by Crippen LogP contribution is 2.24. The Labute approximate surface area is 130 Å². The molecule has 0 radical (unpaired) electrons. The molecule has 1 saturated heterocycles. The van der Waals surface area contributed by atoms with Crippen LogP contribution in [0.1, 0.15) is 19.4 Å². The van der Waals surface area contributed by atoms with Crippen molar-refractivity contribution in [3.63, 3.8) is 0 Å². The van der Waals surface area contributed by atoms with Crippen LogP contribution in [-0.2, 0) is 16.1 Å². The van der Waals surface area contributed by atoms with Crippen LogP contribution in [0, 0.1) is 0 Å². The zero-order valence-electron chi connectivity index (χ0n) is 12.8. The fourth-order valence-electron chi connectivity index (χ4n) is 3.00. The van der Waals surface area contributed by atoms with Gasteiger partial charge in [-0.2, -0.15) is 0 Å². The maximum Gasteiger partial charge on any atom is 0.112 e. The summed E-state index contributed by atoms with van der Waals surface area (Å²) < 4.78 is 11.4. The summed E-state index contributed by atoms with van der Waals surface area (Å²) in [7, 11) is 0. The SMILES string of the molecule is CC1O[C@@H](C)C(O)[C@@H](O)[C@H]1OCc1ccc2ccccc2c1. The van der Waals surface area contributed by atoms with Crippen molar-refractivity contribution in [2.45, 2.75) is 51.0 Å². The Morgan fingerprint density at radius 1 is 0.955 bits per heavy atom. The molecule has 0 spiro atoms. The predicted octanol–water partition coefficient (Wildman–Crippen LogP) is 2.25. The molecule has 2 unspecified atom stereocenters. The van der Waals surface area contributed by atoms with E-state index in [0.29, 0.717) is 6.61 Å². The molecule has 4 heteroatoms. The van der Waals surface area contributed by atoms with E-state index in [1.54, 1.807) is 6.92 Å². The largest absolute Gasteiger partial charge is 0.388 e. The van der Waals surface area contributed by atoms with Crippen LogP contribution in [0.25, 0.3) is 10.8 Å². The highest BCUT2D eigenvalue weighted by atomic mass is 16.6. The summed E-state index contributed by atoms with van der Waals surface area (Å²) in [5.41, 5.74) is 1.03.